The van der Waals surface area contributed by atoms with Crippen LogP contribution in [0.4, 0.5) is 13.2 Å². The van der Waals surface area contributed by atoms with E-state index in [1.54, 1.807) is 20.8 Å². The van der Waals surface area contributed by atoms with Crippen molar-refractivity contribution in [1.29, 1.82) is 0 Å². The highest BCUT2D eigenvalue weighted by Gasteiger charge is 2.31. The number of hydrogen-bond donors (Lipinski definition) is 1. The van der Waals surface area contributed by atoms with E-state index in [1.807, 2.05) is 0 Å². The molecule has 0 spiro atoms. The summed E-state index contributed by atoms with van der Waals surface area (Å²) in [6.45, 7) is 5.08. The van der Waals surface area contributed by atoms with Crippen LogP contribution in [-0.2, 0) is 0 Å². The van der Waals surface area contributed by atoms with Gasteiger partial charge >= 0.3 is 5.51 Å². The molecular formula is C7H12F3NOS. The predicted molar refractivity (Wildman–Crippen MR) is 47.2 cm³/mol. The molecule has 2 nitrogen and oxygen atoms in total. The zero-order valence-corrected chi connectivity index (χ0v) is 8.46. The van der Waals surface area contributed by atoms with Crippen molar-refractivity contribution >= 4 is 17.5 Å². The van der Waals surface area contributed by atoms with E-state index in [2.05, 4.69) is 5.16 Å². The SMILES string of the molecule is CC(C)(C)C(CSC(F)(F)F)=NO. The van der Waals surface area contributed by atoms with E-state index in [4.69, 9.17) is 5.21 Å². The summed E-state index contributed by atoms with van der Waals surface area (Å²) in [7, 11) is 0. The van der Waals surface area contributed by atoms with Crippen LogP contribution in [0.25, 0.3) is 0 Å². The van der Waals surface area contributed by atoms with Gasteiger partial charge in [0, 0.05) is 11.2 Å². The van der Waals surface area contributed by atoms with Crippen LogP contribution in [0.3, 0.4) is 0 Å². The van der Waals surface area contributed by atoms with Gasteiger partial charge in [-0.3, -0.25) is 0 Å². The number of rotatable bonds is 2. The monoisotopic (exact) mass is 215 g/mol. The molecule has 0 bridgehead atoms. The van der Waals surface area contributed by atoms with Gasteiger partial charge in [0.15, 0.2) is 0 Å². The maximum atomic E-state index is 11.8. The Morgan fingerprint density at radius 2 is 1.77 bits per heavy atom. The van der Waals surface area contributed by atoms with Crippen LogP contribution in [-0.4, -0.2) is 22.2 Å². The van der Waals surface area contributed by atoms with Gasteiger partial charge in [-0.2, -0.15) is 13.2 Å². The smallest absolute Gasteiger partial charge is 0.411 e. The molecule has 0 rings (SSSR count). The lowest BCUT2D eigenvalue weighted by Gasteiger charge is -2.19. The Hall–Kier alpha value is -0.390. The molecule has 6 heteroatoms. The van der Waals surface area contributed by atoms with Crippen molar-refractivity contribution in [1.82, 2.24) is 0 Å². The Bertz CT molecular complexity index is 195. The summed E-state index contributed by atoms with van der Waals surface area (Å²) in [6, 6.07) is 0. The van der Waals surface area contributed by atoms with Gasteiger partial charge in [-0.05, 0) is 11.8 Å². The second-order valence-corrected chi connectivity index (χ2v) is 4.57. The summed E-state index contributed by atoms with van der Waals surface area (Å²) in [4.78, 5) is 0. The minimum Gasteiger partial charge on any atom is -0.411 e. The molecular weight excluding hydrogens is 203 g/mol. The molecule has 0 aromatic rings. The molecule has 0 amide bonds. The molecule has 0 saturated heterocycles. The fraction of sp³-hybridized carbons (Fsp3) is 0.857. The molecule has 1 N–H and O–H groups in total. The molecule has 0 atom stereocenters. The first-order valence-corrected chi connectivity index (χ1v) is 4.57. The van der Waals surface area contributed by atoms with Crippen LogP contribution in [0, 0.1) is 5.41 Å². The lowest BCUT2D eigenvalue weighted by Crippen LogP contribution is -2.24. The highest BCUT2D eigenvalue weighted by Crippen LogP contribution is 2.32. The van der Waals surface area contributed by atoms with Gasteiger partial charge in [-0.15, -0.1) is 0 Å². The Labute approximate surface area is 79.2 Å². The van der Waals surface area contributed by atoms with E-state index in [9.17, 15) is 13.2 Å². The Morgan fingerprint density at radius 3 is 2.00 bits per heavy atom. The number of thioether (sulfide) groups is 1. The molecule has 0 radical (unpaired) electrons. The predicted octanol–water partition coefficient (Wildman–Crippen LogP) is 3.12. The van der Waals surface area contributed by atoms with Crippen molar-refractivity contribution < 1.29 is 18.4 Å². The van der Waals surface area contributed by atoms with Crippen molar-refractivity contribution in [2.24, 2.45) is 10.6 Å². The van der Waals surface area contributed by atoms with E-state index in [-0.39, 0.29) is 23.2 Å². The first-order valence-electron chi connectivity index (χ1n) is 3.59. The number of oxime groups is 1. The molecule has 0 aliphatic rings. The molecule has 0 aliphatic heterocycles. The third-order valence-electron chi connectivity index (χ3n) is 1.36. The van der Waals surface area contributed by atoms with Crippen molar-refractivity contribution in [2.45, 2.75) is 26.3 Å². The summed E-state index contributed by atoms with van der Waals surface area (Å²) in [5, 5.41) is 11.3. The third kappa shape index (κ3) is 5.79. The van der Waals surface area contributed by atoms with Crippen molar-refractivity contribution in [3.8, 4) is 0 Å². The van der Waals surface area contributed by atoms with Crippen LogP contribution in [0.1, 0.15) is 20.8 Å². The number of nitrogens with zero attached hydrogens (tertiary/aromatic N) is 1. The first-order chi connectivity index (χ1) is 5.67. The molecule has 0 saturated carbocycles. The van der Waals surface area contributed by atoms with Crippen molar-refractivity contribution in [3.63, 3.8) is 0 Å². The van der Waals surface area contributed by atoms with Gasteiger partial charge in [-0.1, -0.05) is 25.9 Å². The largest absolute Gasteiger partial charge is 0.442 e. The highest BCUT2D eigenvalue weighted by atomic mass is 32.2. The normalized spacial score (nSPS) is 14.8. The van der Waals surface area contributed by atoms with E-state index < -0.39 is 10.9 Å². The highest BCUT2D eigenvalue weighted by molar-refractivity contribution is 8.00. The van der Waals surface area contributed by atoms with Gasteiger partial charge < -0.3 is 5.21 Å². The average Bonchev–Trinajstić information content (AvgIpc) is 1.82. The molecule has 13 heavy (non-hydrogen) atoms. The topological polar surface area (TPSA) is 32.6 Å². The molecule has 0 unspecified atom stereocenters. The fourth-order valence-corrected chi connectivity index (χ4v) is 1.34. The van der Waals surface area contributed by atoms with Gasteiger partial charge in [0.1, 0.15) is 0 Å². The second-order valence-electron chi connectivity index (χ2n) is 3.53. The zero-order chi connectivity index (χ0) is 10.7. The Balaban J connectivity index is 4.20. The van der Waals surface area contributed by atoms with E-state index >= 15 is 0 Å². The first kappa shape index (κ1) is 12.6. The van der Waals surface area contributed by atoms with Crippen molar-refractivity contribution in [2.75, 3.05) is 5.75 Å². The second kappa shape index (κ2) is 4.21. The number of alkyl halides is 3. The molecule has 0 aliphatic carbocycles. The average molecular weight is 215 g/mol. The van der Waals surface area contributed by atoms with Gasteiger partial charge in [0.2, 0.25) is 0 Å². The van der Waals surface area contributed by atoms with Gasteiger partial charge in [0.25, 0.3) is 0 Å². The Kier molecular flexibility index (Phi) is 4.09. The van der Waals surface area contributed by atoms with Crippen LogP contribution in [0.15, 0.2) is 5.16 Å². The van der Waals surface area contributed by atoms with Crippen LogP contribution in [0.2, 0.25) is 0 Å². The minimum atomic E-state index is -4.28. The van der Waals surface area contributed by atoms with Gasteiger partial charge in [-0.25, -0.2) is 0 Å². The standard InChI is InChI=1S/C7H12F3NOS/c1-6(2,3)5(11-12)4-13-7(8,9)10/h12H,4H2,1-3H3. The zero-order valence-electron chi connectivity index (χ0n) is 7.64. The number of hydrogen-bond acceptors (Lipinski definition) is 3. The Morgan fingerprint density at radius 1 is 1.31 bits per heavy atom. The molecule has 0 heterocycles. The lowest BCUT2D eigenvalue weighted by atomic mass is 9.91. The van der Waals surface area contributed by atoms with E-state index in [0.29, 0.717) is 0 Å². The minimum absolute atomic E-state index is 0.134. The molecule has 78 valence electrons. The van der Waals surface area contributed by atoms with E-state index in [1.165, 1.54) is 0 Å². The van der Waals surface area contributed by atoms with Crippen LogP contribution >= 0.6 is 11.8 Å². The number of halogens is 3. The fourth-order valence-electron chi connectivity index (χ4n) is 0.546. The molecule has 0 fully saturated rings. The van der Waals surface area contributed by atoms with E-state index in [0.717, 1.165) is 0 Å². The summed E-state index contributed by atoms with van der Waals surface area (Å²) in [6.07, 6.45) is 0. The lowest BCUT2D eigenvalue weighted by molar-refractivity contribution is -0.0325. The van der Waals surface area contributed by atoms with Crippen LogP contribution < -0.4 is 0 Å². The third-order valence-corrected chi connectivity index (χ3v) is 2.10. The van der Waals surface area contributed by atoms with Crippen LogP contribution in [0.5, 0.6) is 0 Å². The summed E-state index contributed by atoms with van der Waals surface area (Å²) >= 11 is -0.198. The maximum Gasteiger partial charge on any atom is 0.442 e. The summed E-state index contributed by atoms with van der Waals surface area (Å²) in [5.41, 5.74) is -4.68. The molecule has 0 aromatic carbocycles. The summed E-state index contributed by atoms with van der Waals surface area (Å²) in [5.74, 6) is -0.330. The molecule has 0 aromatic heterocycles. The van der Waals surface area contributed by atoms with Gasteiger partial charge in [0.05, 0.1) is 5.71 Å². The quantitative estimate of drug-likeness (QED) is 0.436. The van der Waals surface area contributed by atoms with Crippen molar-refractivity contribution in [3.05, 3.63) is 0 Å². The summed E-state index contributed by atoms with van der Waals surface area (Å²) < 4.78 is 35.3. The maximum absolute atomic E-state index is 11.8.